The second kappa shape index (κ2) is 7.15. The summed E-state index contributed by atoms with van der Waals surface area (Å²) in [7, 11) is 0. The first-order valence-electron chi connectivity index (χ1n) is 5.17. The monoisotopic (exact) mass is 207 g/mol. The second-order valence-corrected chi connectivity index (χ2v) is 3.44. The smallest absolute Gasteiger partial charge is 0.121 e. The third kappa shape index (κ3) is 4.72. The number of rotatable bonds is 7. The van der Waals surface area contributed by atoms with Gasteiger partial charge >= 0.3 is 0 Å². The number of hydrogen-bond acceptors (Lipinski definition) is 3. The fourth-order valence-corrected chi connectivity index (χ4v) is 1.49. The van der Waals surface area contributed by atoms with E-state index in [1.54, 1.807) is 0 Å². The first kappa shape index (κ1) is 11.9. The fourth-order valence-electron chi connectivity index (χ4n) is 1.49. The molecule has 1 rings (SSSR count). The molecule has 3 nitrogen and oxygen atoms in total. The van der Waals surface area contributed by atoms with Gasteiger partial charge in [0, 0.05) is 26.1 Å². The highest BCUT2D eigenvalue weighted by molar-refractivity contribution is 5.49. The van der Waals surface area contributed by atoms with Gasteiger partial charge in [0.15, 0.2) is 0 Å². The average Bonchev–Trinajstić information content (AvgIpc) is 2.28. The summed E-state index contributed by atoms with van der Waals surface area (Å²) >= 11 is 0. The van der Waals surface area contributed by atoms with Crippen molar-refractivity contribution in [1.82, 2.24) is 4.90 Å². The van der Waals surface area contributed by atoms with Crippen LogP contribution in [0.2, 0.25) is 0 Å². The molecule has 0 spiro atoms. The van der Waals surface area contributed by atoms with Gasteiger partial charge in [-0.3, -0.25) is 4.90 Å². The van der Waals surface area contributed by atoms with Crippen LogP contribution >= 0.6 is 0 Å². The Morgan fingerprint density at radius 1 is 1.20 bits per heavy atom. The van der Waals surface area contributed by atoms with Crippen molar-refractivity contribution in [2.75, 3.05) is 19.7 Å². The van der Waals surface area contributed by atoms with E-state index in [-0.39, 0.29) is 6.61 Å². The fraction of sp³-hybridized carbons (Fsp3) is 0.417. The average molecular weight is 207 g/mol. The maximum atomic E-state index is 10.3. The lowest BCUT2D eigenvalue weighted by atomic mass is 10.2. The number of aliphatic hydroxyl groups excluding tert-OH is 1. The van der Waals surface area contributed by atoms with Gasteiger partial charge in [0.1, 0.15) is 6.29 Å². The lowest BCUT2D eigenvalue weighted by Gasteiger charge is -2.20. The summed E-state index contributed by atoms with van der Waals surface area (Å²) in [5.74, 6) is 0. The lowest BCUT2D eigenvalue weighted by Crippen LogP contribution is -2.27. The molecule has 0 atom stereocenters. The SMILES string of the molecule is O=CCCN(CCO)Cc1ccccc1. The van der Waals surface area contributed by atoms with Gasteiger partial charge in [-0.15, -0.1) is 0 Å². The molecule has 0 saturated heterocycles. The molecule has 1 N–H and O–H groups in total. The summed E-state index contributed by atoms with van der Waals surface area (Å²) in [6.07, 6.45) is 1.43. The minimum absolute atomic E-state index is 0.131. The van der Waals surface area contributed by atoms with Gasteiger partial charge in [-0.1, -0.05) is 30.3 Å². The van der Waals surface area contributed by atoms with Crippen LogP contribution in [0.5, 0.6) is 0 Å². The largest absolute Gasteiger partial charge is 0.395 e. The number of carbonyl (C=O) groups is 1. The van der Waals surface area contributed by atoms with Crippen molar-refractivity contribution < 1.29 is 9.90 Å². The molecule has 82 valence electrons. The van der Waals surface area contributed by atoms with Gasteiger partial charge < -0.3 is 9.90 Å². The van der Waals surface area contributed by atoms with E-state index >= 15 is 0 Å². The van der Waals surface area contributed by atoms with E-state index in [9.17, 15) is 4.79 Å². The summed E-state index contributed by atoms with van der Waals surface area (Å²) in [5.41, 5.74) is 1.21. The normalized spacial score (nSPS) is 10.5. The molecule has 0 fully saturated rings. The number of nitrogens with zero attached hydrogens (tertiary/aromatic N) is 1. The van der Waals surface area contributed by atoms with Crippen LogP contribution in [0.25, 0.3) is 0 Å². The Bertz CT molecular complexity index is 274. The molecule has 0 aromatic heterocycles. The topological polar surface area (TPSA) is 40.5 Å². The third-order valence-electron chi connectivity index (χ3n) is 2.23. The standard InChI is InChI=1S/C12H17NO2/c14-9-4-7-13(8-10-15)11-12-5-2-1-3-6-12/h1-3,5-6,9,15H,4,7-8,10-11H2. The van der Waals surface area contributed by atoms with Crippen LogP contribution in [-0.4, -0.2) is 36.0 Å². The Morgan fingerprint density at radius 2 is 1.93 bits per heavy atom. The van der Waals surface area contributed by atoms with Crippen molar-refractivity contribution in [3.05, 3.63) is 35.9 Å². The highest BCUT2D eigenvalue weighted by Gasteiger charge is 2.04. The number of aliphatic hydroxyl groups is 1. The van der Waals surface area contributed by atoms with Crippen LogP contribution in [0, 0.1) is 0 Å². The zero-order chi connectivity index (χ0) is 10.9. The highest BCUT2D eigenvalue weighted by atomic mass is 16.3. The molecule has 0 unspecified atom stereocenters. The molecule has 1 aromatic carbocycles. The maximum Gasteiger partial charge on any atom is 0.121 e. The van der Waals surface area contributed by atoms with Crippen LogP contribution in [0.15, 0.2) is 30.3 Å². The Balaban J connectivity index is 2.46. The minimum Gasteiger partial charge on any atom is -0.395 e. The van der Waals surface area contributed by atoms with Crippen LogP contribution in [0.4, 0.5) is 0 Å². The van der Waals surface area contributed by atoms with E-state index < -0.39 is 0 Å². The molecular weight excluding hydrogens is 190 g/mol. The Labute approximate surface area is 90.3 Å². The Hall–Kier alpha value is -1.19. The summed E-state index contributed by atoms with van der Waals surface area (Å²) in [6.45, 7) is 2.24. The van der Waals surface area contributed by atoms with E-state index in [4.69, 9.17) is 5.11 Å². The highest BCUT2D eigenvalue weighted by Crippen LogP contribution is 2.04. The van der Waals surface area contributed by atoms with Crippen molar-refractivity contribution >= 4 is 6.29 Å². The van der Waals surface area contributed by atoms with E-state index in [2.05, 4.69) is 4.90 Å². The van der Waals surface area contributed by atoms with E-state index in [1.807, 2.05) is 30.3 Å². The summed E-state index contributed by atoms with van der Waals surface area (Å²) in [6, 6.07) is 10.1. The van der Waals surface area contributed by atoms with Crippen molar-refractivity contribution in [3.8, 4) is 0 Å². The minimum atomic E-state index is 0.131. The Morgan fingerprint density at radius 3 is 2.53 bits per heavy atom. The molecule has 0 radical (unpaired) electrons. The van der Waals surface area contributed by atoms with Crippen molar-refractivity contribution in [3.63, 3.8) is 0 Å². The van der Waals surface area contributed by atoms with E-state index in [1.165, 1.54) is 5.56 Å². The zero-order valence-electron chi connectivity index (χ0n) is 8.80. The molecular formula is C12H17NO2. The molecule has 0 amide bonds. The lowest BCUT2D eigenvalue weighted by molar-refractivity contribution is -0.108. The zero-order valence-corrected chi connectivity index (χ0v) is 8.80. The van der Waals surface area contributed by atoms with Crippen molar-refractivity contribution in [1.29, 1.82) is 0 Å². The summed E-state index contributed by atoms with van der Waals surface area (Å²) in [5, 5.41) is 8.88. The van der Waals surface area contributed by atoms with E-state index in [0.29, 0.717) is 19.5 Å². The van der Waals surface area contributed by atoms with Crippen LogP contribution in [0.3, 0.4) is 0 Å². The van der Waals surface area contributed by atoms with Crippen molar-refractivity contribution in [2.24, 2.45) is 0 Å². The molecule has 0 bridgehead atoms. The maximum absolute atomic E-state index is 10.3. The molecule has 1 aromatic rings. The van der Waals surface area contributed by atoms with Gasteiger partial charge in [0.05, 0.1) is 6.61 Å². The second-order valence-electron chi connectivity index (χ2n) is 3.44. The molecule has 0 aliphatic rings. The molecule has 0 aliphatic carbocycles. The summed E-state index contributed by atoms with van der Waals surface area (Å²) < 4.78 is 0. The van der Waals surface area contributed by atoms with Gasteiger partial charge in [-0.2, -0.15) is 0 Å². The number of benzene rings is 1. The van der Waals surface area contributed by atoms with Crippen molar-refractivity contribution in [2.45, 2.75) is 13.0 Å². The number of carbonyl (C=O) groups excluding carboxylic acids is 1. The van der Waals surface area contributed by atoms with Gasteiger partial charge in [-0.25, -0.2) is 0 Å². The molecule has 3 heteroatoms. The third-order valence-corrected chi connectivity index (χ3v) is 2.23. The Kier molecular flexibility index (Phi) is 5.66. The van der Waals surface area contributed by atoms with E-state index in [0.717, 1.165) is 12.8 Å². The van der Waals surface area contributed by atoms with Crippen LogP contribution in [-0.2, 0) is 11.3 Å². The number of aldehydes is 1. The van der Waals surface area contributed by atoms with Gasteiger partial charge in [0.2, 0.25) is 0 Å². The quantitative estimate of drug-likeness (QED) is 0.680. The predicted octanol–water partition coefficient (Wildman–Crippen LogP) is 1.07. The predicted molar refractivity (Wildman–Crippen MR) is 59.5 cm³/mol. The first-order chi connectivity index (χ1) is 7.36. The van der Waals surface area contributed by atoms with Crippen LogP contribution in [0.1, 0.15) is 12.0 Å². The molecule has 0 saturated carbocycles. The summed E-state index contributed by atoms with van der Waals surface area (Å²) in [4.78, 5) is 12.3. The molecule has 0 aliphatic heterocycles. The molecule has 15 heavy (non-hydrogen) atoms. The van der Waals surface area contributed by atoms with Gasteiger partial charge in [-0.05, 0) is 5.56 Å². The molecule has 0 heterocycles. The van der Waals surface area contributed by atoms with Crippen LogP contribution < -0.4 is 0 Å². The number of hydrogen-bond donors (Lipinski definition) is 1. The first-order valence-corrected chi connectivity index (χ1v) is 5.17. The van der Waals surface area contributed by atoms with Gasteiger partial charge in [0.25, 0.3) is 0 Å².